The van der Waals surface area contributed by atoms with Gasteiger partial charge in [-0.1, -0.05) is 6.58 Å². The summed E-state index contributed by atoms with van der Waals surface area (Å²) in [6.45, 7) is 12.6. The standard InChI is InChI=1S/C13H24N2O/c1-10(2)11(16)14-9-13(5)8-6-7-12(3,4)15-13/h15H,1,6-9H2,2-5H3,(H,14,16). The van der Waals surface area contributed by atoms with Gasteiger partial charge >= 0.3 is 0 Å². The molecule has 1 fully saturated rings. The van der Waals surface area contributed by atoms with E-state index < -0.39 is 0 Å². The van der Waals surface area contributed by atoms with E-state index in [-0.39, 0.29) is 17.0 Å². The lowest BCUT2D eigenvalue weighted by Gasteiger charge is -2.44. The molecular weight excluding hydrogens is 200 g/mol. The zero-order valence-corrected chi connectivity index (χ0v) is 10.9. The van der Waals surface area contributed by atoms with Gasteiger partial charge in [-0.3, -0.25) is 4.79 Å². The van der Waals surface area contributed by atoms with Crippen LogP contribution in [0.25, 0.3) is 0 Å². The summed E-state index contributed by atoms with van der Waals surface area (Å²) >= 11 is 0. The van der Waals surface area contributed by atoms with Crippen molar-refractivity contribution in [1.82, 2.24) is 10.6 Å². The molecule has 1 saturated heterocycles. The fourth-order valence-corrected chi connectivity index (χ4v) is 2.42. The van der Waals surface area contributed by atoms with Gasteiger partial charge in [0, 0.05) is 23.2 Å². The Morgan fingerprint density at radius 2 is 2.00 bits per heavy atom. The van der Waals surface area contributed by atoms with E-state index in [9.17, 15) is 4.79 Å². The van der Waals surface area contributed by atoms with Gasteiger partial charge < -0.3 is 10.6 Å². The number of nitrogens with one attached hydrogen (secondary N) is 2. The number of hydrogen-bond acceptors (Lipinski definition) is 2. The highest BCUT2D eigenvalue weighted by Gasteiger charge is 2.35. The van der Waals surface area contributed by atoms with Crippen LogP contribution in [-0.4, -0.2) is 23.5 Å². The number of rotatable bonds is 3. The molecule has 1 aliphatic heterocycles. The molecule has 0 spiro atoms. The van der Waals surface area contributed by atoms with Crippen molar-refractivity contribution in [1.29, 1.82) is 0 Å². The van der Waals surface area contributed by atoms with Crippen LogP contribution in [0.2, 0.25) is 0 Å². The number of carbonyl (C=O) groups is 1. The van der Waals surface area contributed by atoms with Gasteiger partial charge in [0.05, 0.1) is 0 Å². The average Bonchev–Trinajstić information content (AvgIpc) is 2.12. The molecule has 0 aromatic carbocycles. The summed E-state index contributed by atoms with van der Waals surface area (Å²) in [6, 6.07) is 0. The Hall–Kier alpha value is -0.830. The van der Waals surface area contributed by atoms with Gasteiger partial charge in [-0.2, -0.15) is 0 Å². The molecule has 1 rings (SSSR count). The Kier molecular flexibility index (Phi) is 3.79. The minimum Gasteiger partial charge on any atom is -0.351 e. The van der Waals surface area contributed by atoms with E-state index in [1.54, 1.807) is 6.92 Å². The monoisotopic (exact) mass is 224 g/mol. The van der Waals surface area contributed by atoms with Crippen LogP contribution in [0.3, 0.4) is 0 Å². The van der Waals surface area contributed by atoms with E-state index >= 15 is 0 Å². The predicted octanol–water partition coefficient (Wildman–Crippen LogP) is 1.99. The maximum atomic E-state index is 11.5. The molecule has 2 N–H and O–H groups in total. The Morgan fingerprint density at radius 3 is 2.50 bits per heavy atom. The number of amides is 1. The molecule has 1 unspecified atom stereocenters. The Morgan fingerprint density at radius 1 is 1.38 bits per heavy atom. The van der Waals surface area contributed by atoms with Crippen LogP contribution in [0.4, 0.5) is 0 Å². The molecule has 16 heavy (non-hydrogen) atoms. The smallest absolute Gasteiger partial charge is 0.246 e. The molecule has 1 atom stereocenters. The zero-order chi connectivity index (χ0) is 12.4. The maximum absolute atomic E-state index is 11.5. The first-order valence-corrected chi connectivity index (χ1v) is 5.97. The molecule has 1 heterocycles. The predicted molar refractivity (Wildman–Crippen MR) is 67.3 cm³/mol. The average molecular weight is 224 g/mol. The van der Waals surface area contributed by atoms with Gasteiger partial charge in [-0.15, -0.1) is 0 Å². The zero-order valence-electron chi connectivity index (χ0n) is 10.9. The van der Waals surface area contributed by atoms with Crippen LogP contribution in [0.5, 0.6) is 0 Å². The van der Waals surface area contributed by atoms with Crippen molar-refractivity contribution in [3.63, 3.8) is 0 Å². The normalized spacial score (nSPS) is 28.5. The first-order chi connectivity index (χ1) is 7.24. The van der Waals surface area contributed by atoms with Crippen LogP contribution in [0, 0.1) is 0 Å². The van der Waals surface area contributed by atoms with Crippen molar-refractivity contribution < 1.29 is 4.79 Å². The third-order valence-electron chi connectivity index (χ3n) is 3.20. The molecule has 0 aromatic heterocycles. The molecule has 3 heteroatoms. The van der Waals surface area contributed by atoms with Crippen molar-refractivity contribution in [2.45, 2.75) is 58.0 Å². The first kappa shape index (κ1) is 13.2. The lowest BCUT2D eigenvalue weighted by atomic mass is 9.81. The minimum atomic E-state index is -0.0496. The minimum absolute atomic E-state index is 0.00681. The summed E-state index contributed by atoms with van der Waals surface area (Å²) in [4.78, 5) is 11.5. The fraction of sp³-hybridized carbons (Fsp3) is 0.769. The quantitative estimate of drug-likeness (QED) is 0.720. The van der Waals surface area contributed by atoms with Gasteiger partial charge in [0.25, 0.3) is 0 Å². The molecule has 1 aliphatic rings. The van der Waals surface area contributed by atoms with Crippen molar-refractivity contribution in [2.24, 2.45) is 0 Å². The van der Waals surface area contributed by atoms with Crippen LogP contribution in [-0.2, 0) is 4.79 Å². The Bertz CT molecular complexity index is 296. The molecule has 0 aliphatic carbocycles. The second kappa shape index (κ2) is 4.58. The highest BCUT2D eigenvalue weighted by atomic mass is 16.1. The van der Waals surface area contributed by atoms with Crippen molar-refractivity contribution >= 4 is 5.91 Å². The molecule has 0 saturated carbocycles. The largest absolute Gasteiger partial charge is 0.351 e. The molecule has 0 aromatic rings. The maximum Gasteiger partial charge on any atom is 0.246 e. The Labute approximate surface area is 98.7 Å². The lowest BCUT2D eigenvalue weighted by Crippen LogP contribution is -2.61. The highest BCUT2D eigenvalue weighted by molar-refractivity contribution is 5.92. The van der Waals surface area contributed by atoms with Gasteiger partial charge in [0.1, 0.15) is 0 Å². The molecule has 1 amide bonds. The van der Waals surface area contributed by atoms with Crippen molar-refractivity contribution in [2.75, 3.05) is 6.54 Å². The summed E-state index contributed by atoms with van der Waals surface area (Å²) in [5, 5.41) is 6.55. The fourth-order valence-electron chi connectivity index (χ4n) is 2.42. The lowest BCUT2D eigenvalue weighted by molar-refractivity contribution is -0.117. The number of carbonyl (C=O) groups excluding carboxylic acids is 1. The van der Waals surface area contributed by atoms with E-state index in [0.29, 0.717) is 12.1 Å². The van der Waals surface area contributed by atoms with Crippen molar-refractivity contribution in [3.05, 3.63) is 12.2 Å². The molecular formula is C13H24N2O. The van der Waals surface area contributed by atoms with E-state index in [0.717, 1.165) is 6.42 Å². The highest BCUT2D eigenvalue weighted by Crippen LogP contribution is 2.27. The molecule has 0 bridgehead atoms. The van der Waals surface area contributed by atoms with Crippen molar-refractivity contribution in [3.8, 4) is 0 Å². The molecule has 3 nitrogen and oxygen atoms in total. The third kappa shape index (κ3) is 3.63. The van der Waals surface area contributed by atoms with Gasteiger partial charge in [0.2, 0.25) is 5.91 Å². The van der Waals surface area contributed by atoms with Crippen LogP contribution < -0.4 is 10.6 Å². The second-order valence-electron chi connectivity index (χ2n) is 5.89. The summed E-state index contributed by atoms with van der Waals surface area (Å²) in [7, 11) is 0. The summed E-state index contributed by atoms with van der Waals surface area (Å²) in [6.07, 6.45) is 3.50. The van der Waals surface area contributed by atoms with Gasteiger partial charge in [0.15, 0.2) is 0 Å². The third-order valence-corrected chi connectivity index (χ3v) is 3.20. The van der Waals surface area contributed by atoms with Crippen LogP contribution in [0.15, 0.2) is 12.2 Å². The second-order valence-corrected chi connectivity index (χ2v) is 5.89. The SMILES string of the molecule is C=C(C)C(=O)NCC1(C)CCCC(C)(C)N1. The molecule has 92 valence electrons. The number of hydrogen-bond donors (Lipinski definition) is 2. The van der Waals surface area contributed by atoms with Gasteiger partial charge in [-0.05, 0) is 47.0 Å². The summed E-state index contributed by atoms with van der Waals surface area (Å²) in [5.74, 6) is -0.0496. The van der Waals surface area contributed by atoms with Gasteiger partial charge in [-0.25, -0.2) is 0 Å². The summed E-state index contributed by atoms with van der Waals surface area (Å²) < 4.78 is 0. The molecule has 0 radical (unpaired) electrons. The Balaban J connectivity index is 2.52. The topological polar surface area (TPSA) is 41.1 Å². The number of piperidine rings is 1. The van der Waals surface area contributed by atoms with E-state index in [1.165, 1.54) is 12.8 Å². The van der Waals surface area contributed by atoms with E-state index in [4.69, 9.17) is 0 Å². The summed E-state index contributed by atoms with van der Waals surface area (Å²) in [5.41, 5.74) is 0.743. The van der Waals surface area contributed by atoms with E-state index in [2.05, 4.69) is 38.0 Å². The van der Waals surface area contributed by atoms with Crippen LogP contribution in [0.1, 0.15) is 47.0 Å². The van der Waals surface area contributed by atoms with E-state index in [1.807, 2.05) is 0 Å². The first-order valence-electron chi connectivity index (χ1n) is 5.97. The van der Waals surface area contributed by atoms with Crippen LogP contribution >= 0.6 is 0 Å².